The van der Waals surface area contributed by atoms with Gasteiger partial charge in [0, 0.05) is 21.7 Å². The molecule has 0 saturated carbocycles. The number of hydrogen-bond donors (Lipinski definition) is 1. The van der Waals surface area contributed by atoms with Crippen LogP contribution in [0.2, 0.25) is 5.02 Å². The molecule has 0 aliphatic carbocycles. The minimum Gasteiger partial charge on any atom is -0.451 e. The van der Waals surface area contributed by atoms with Gasteiger partial charge in [-0.3, -0.25) is 4.79 Å². The van der Waals surface area contributed by atoms with Crippen molar-refractivity contribution >= 4 is 56.9 Å². The van der Waals surface area contributed by atoms with Gasteiger partial charge in [0.25, 0.3) is 5.91 Å². The van der Waals surface area contributed by atoms with Crippen molar-refractivity contribution in [3.8, 4) is 0 Å². The van der Waals surface area contributed by atoms with Gasteiger partial charge in [-0.25, -0.2) is 0 Å². The topological polar surface area (TPSA) is 68.0 Å². The molecule has 5 nitrogen and oxygen atoms in total. The molecule has 0 spiro atoms. The molecule has 0 aliphatic heterocycles. The summed E-state index contributed by atoms with van der Waals surface area (Å²) in [5.74, 6) is -0.0248. The lowest BCUT2D eigenvalue weighted by Crippen LogP contribution is -2.12. The van der Waals surface area contributed by atoms with E-state index in [1.807, 2.05) is 32.0 Å². The molecule has 0 fully saturated rings. The molecule has 2 aromatic carbocycles. The molecule has 4 rings (SSSR count). The summed E-state index contributed by atoms with van der Waals surface area (Å²) in [4.78, 5) is 12.6. The van der Waals surface area contributed by atoms with Crippen molar-refractivity contribution in [1.29, 1.82) is 0 Å². The third-order valence-electron chi connectivity index (χ3n) is 3.94. The van der Waals surface area contributed by atoms with Crippen LogP contribution in [-0.2, 0) is 0 Å². The van der Waals surface area contributed by atoms with Crippen molar-refractivity contribution in [3.63, 3.8) is 0 Å². The Bertz CT molecular complexity index is 1100. The summed E-state index contributed by atoms with van der Waals surface area (Å²) < 4.78 is 14.1. The number of carbonyl (C=O) groups is 1. The van der Waals surface area contributed by atoms with Crippen LogP contribution in [0.15, 0.2) is 34.7 Å². The summed E-state index contributed by atoms with van der Waals surface area (Å²) in [6.07, 6.45) is 0. The average Bonchev–Trinajstić information content (AvgIpc) is 3.13. The summed E-state index contributed by atoms with van der Waals surface area (Å²) in [7, 11) is 0. The number of nitrogens with one attached hydrogen (secondary N) is 1. The highest BCUT2D eigenvalue weighted by Crippen LogP contribution is 2.30. The standard InChI is InChI=1S/C17H12ClN3O2S/c1-8-5-15-11(7-12(8)18)9(2)16(23-15)17(22)19-10-3-4-13-14(6-10)21-24-20-13/h3-7H,1-2H3,(H,19,22). The number of amides is 1. The second kappa shape index (κ2) is 5.58. The molecule has 2 heterocycles. The largest absolute Gasteiger partial charge is 0.451 e. The van der Waals surface area contributed by atoms with Gasteiger partial charge in [-0.05, 0) is 49.7 Å². The zero-order chi connectivity index (χ0) is 16.8. The summed E-state index contributed by atoms with van der Waals surface area (Å²) in [5, 5.41) is 4.34. The van der Waals surface area contributed by atoms with E-state index in [-0.39, 0.29) is 11.7 Å². The molecule has 120 valence electrons. The first-order valence-corrected chi connectivity index (χ1v) is 8.36. The molecule has 0 atom stereocenters. The third-order valence-corrected chi connectivity index (χ3v) is 4.90. The van der Waals surface area contributed by atoms with E-state index in [2.05, 4.69) is 14.1 Å². The maximum Gasteiger partial charge on any atom is 0.291 e. The first-order valence-electron chi connectivity index (χ1n) is 7.26. The number of anilines is 1. The Balaban J connectivity index is 1.71. The van der Waals surface area contributed by atoms with Crippen molar-refractivity contribution in [1.82, 2.24) is 8.75 Å². The summed E-state index contributed by atoms with van der Waals surface area (Å²) in [6.45, 7) is 3.75. The zero-order valence-corrected chi connectivity index (χ0v) is 14.5. The first-order chi connectivity index (χ1) is 11.5. The molecule has 1 amide bonds. The van der Waals surface area contributed by atoms with Gasteiger partial charge in [0.2, 0.25) is 0 Å². The first kappa shape index (κ1) is 15.1. The molecular formula is C17H12ClN3O2S. The van der Waals surface area contributed by atoms with Crippen molar-refractivity contribution in [2.45, 2.75) is 13.8 Å². The van der Waals surface area contributed by atoms with E-state index in [4.69, 9.17) is 16.0 Å². The van der Waals surface area contributed by atoms with Gasteiger partial charge < -0.3 is 9.73 Å². The fourth-order valence-corrected chi connectivity index (χ4v) is 3.29. The van der Waals surface area contributed by atoms with Crippen LogP contribution in [0.25, 0.3) is 22.0 Å². The number of carbonyl (C=O) groups excluding carboxylic acids is 1. The highest BCUT2D eigenvalue weighted by Gasteiger charge is 2.19. The summed E-state index contributed by atoms with van der Waals surface area (Å²) >= 11 is 7.31. The predicted molar refractivity (Wildman–Crippen MR) is 96.1 cm³/mol. The van der Waals surface area contributed by atoms with E-state index >= 15 is 0 Å². The van der Waals surface area contributed by atoms with Crippen LogP contribution in [0.3, 0.4) is 0 Å². The molecule has 0 unspecified atom stereocenters. The smallest absolute Gasteiger partial charge is 0.291 e. The Morgan fingerprint density at radius 1 is 1.17 bits per heavy atom. The highest BCUT2D eigenvalue weighted by molar-refractivity contribution is 7.00. The molecule has 0 radical (unpaired) electrons. The van der Waals surface area contributed by atoms with Crippen LogP contribution in [0, 0.1) is 13.8 Å². The van der Waals surface area contributed by atoms with Crippen molar-refractivity contribution in [2.75, 3.05) is 5.32 Å². The van der Waals surface area contributed by atoms with E-state index in [9.17, 15) is 4.79 Å². The lowest BCUT2D eigenvalue weighted by molar-refractivity contribution is 0.0998. The maximum atomic E-state index is 12.6. The van der Waals surface area contributed by atoms with Gasteiger partial charge in [0.15, 0.2) is 5.76 Å². The van der Waals surface area contributed by atoms with Crippen LogP contribution in [0.4, 0.5) is 5.69 Å². The number of rotatable bonds is 2. The molecule has 24 heavy (non-hydrogen) atoms. The zero-order valence-electron chi connectivity index (χ0n) is 12.9. The van der Waals surface area contributed by atoms with Gasteiger partial charge in [-0.15, -0.1) is 0 Å². The van der Waals surface area contributed by atoms with Crippen LogP contribution < -0.4 is 5.32 Å². The number of benzene rings is 2. The van der Waals surface area contributed by atoms with Gasteiger partial charge in [0.05, 0.1) is 11.7 Å². The molecular weight excluding hydrogens is 346 g/mol. The van der Waals surface area contributed by atoms with E-state index in [1.54, 1.807) is 12.1 Å². The quantitative estimate of drug-likeness (QED) is 0.550. The molecule has 4 aromatic rings. The lowest BCUT2D eigenvalue weighted by atomic mass is 10.1. The van der Waals surface area contributed by atoms with Crippen LogP contribution in [-0.4, -0.2) is 14.7 Å². The van der Waals surface area contributed by atoms with Crippen molar-refractivity contribution in [3.05, 3.63) is 52.2 Å². The summed E-state index contributed by atoms with van der Waals surface area (Å²) in [5.41, 5.74) is 4.53. The number of nitrogens with zero attached hydrogens (tertiary/aromatic N) is 2. The highest BCUT2D eigenvalue weighted by atomic mass is 35.5. The minimum atomic E-state index is -0.306. The number of furan rings is 1. The maximum absolute atomic E-state index is 12.6. The van der Waals surface area contributed by atoms with Crippen molar-refractivity contribution < 1.29 is 9.21 Å². The number of hydrogen-bond acceptors (Lipinski definition) is 5. The molecule has 7 heteroatoms. The number of halogens is 1. The second-order valence-electron chi connectivity index (χ2n) is 5.58. The Morgan fingerprint density at radius 2 is 1.96 bits per heavy atom. The molecule has 1 N–H and O–H groups in total. The van der Waals surface area contributed by atoms with Gasteiger partial charge >= 0.3 is 0 Å². The number of aromatic nitrogens is 2. The van der Waals surface area contributed by atoms with Gasteiger partial charge in [-0.1, -0.05) is 11.6 Å². The molecule has 0 aliphatic rings. The molecule has 2 aromatic heterocycles. The van der Waals surface area contributed by atoms with Crippen LogP contribution >= 0.6 is 23.3 Å². The Kier molecular flexibility index (Phi) is 3.51. The van der Waals surface area contributed by atoms with E-state index < -0.39 is 0 Å². The average molecular weight is 358 g/mol. The van der Waals surface area contributed by atoms with E-state index in [0.717, 1.165) is 39.3 Å². The minimum absolute atomic E-state index is 0.281. The summed E-state index contributed by atoms with van der Waals surface area (Å²) in [6, 6.07) is 9.07. The molecule has 0 bridgehead atoms. The van der Waals surface area contributed by atoms with Crippen molar-refractivity contribution in [2.24, 2.45) is 0 Å². The van der Waals surface area contributed by atoms with Gasteiger partial charge in [-0.2, -0.15) is 8.75 Å². The number of fused-ring (bicyclic) bond motifs is 2. The fraction of sp³-hybridized carbons (Fsp3) is 0.118. The third kappa shape index (κ3) is 2.44. The fourth-order valence-electron chi connectivity index (χ4n) is 2.61. The second-order valence-corrected chi connectivity index (χ2v) is 6.51. The number of aryl methyl sites for hydroxylation is 2. The lowest BCUT2D eigenvalue weighted by Gasteiger charge is -2.03. The monoisotopic (exact) mass is 357 g/mol. The normalized spacial score (nSPS) is 11.3. The Hall–Kier alpha value is -2.44. The van der Waals surface area contributed by atoms with Gasteiger partial charge in [0.1, 0.15) is 16.6 Å². The van der Waals surface area contributed by atoms with Crippen LogP contribution in [0.5, 0.6) is 0 Å². The van der Waals surface area contributed by atoms with E-state index in [0.29, 0.717) is 16.3 Å². The Labute approximate surface area is 146 Å². The van der Waals surface area contributed by atoms with E-state index in [1.165, 1.54) is 0 Å². The molecule has 0 saturated heterocycles. The van der Waals surface area contributed by atoms with Crippen LogP contribution in [0.1, 0.15) is 21.7 Å². The Morgan fingerprint density at radius 3 is 2.79 bits per heavy atom. The SMILES string of the molecule is Cc1cc2oc(C(=O)Nc3ccc4nsnc4c3)c(C)c2cc1Cl. The predicted octanol–water partition coefficient (Wildman–Crippen LogP) is 4.96.